The molecule has 0 aliphatic rings. The van der Waals surface area contributed by atoms with E-state index in [0.29, 0.717) is 17.1 Å². The van der Waals surface area contributed by atoms with Crippen LogP contribution in [-0.2, 0) is 0 Å². The molecular weight excluding hydrogens is 221 g/mol. The van der Waals surface area contributed by atoms with Gasteiger partial charge < -0.3 is 9.47 Å². The molecule has 0 spiro atoms. The molecule has 2 nitrogen and oxygen atoms in total. The van der Waals surface area contributed by atoms with Gasteiger partial charge >= 0.3 is 6.18 Å². The van der Waals surface area contributed by atoms with Crippen LogP contribution in [0, 0.1) is 0 Å². The van der Waals surface area contributed by atoms with Crippen molar-refractivity contribution in [2.45, 2.75) is 6.18 Å². The standard InChI is InChI=1S/C11H11F3O2/c1-15-9-4-3-8(10(7-9)16-2)5-6-11(12,13)14/h3-7H,1-2H3. The van der Waals surface area contributed by atoms with Crippen LogP contribution in [0.4, 0.5) is 13.2 Å². The van der Waals surface area contributed by atoms with Crippen molar-refractivity contribution in [3.8, 4) is 11.5 Å². The molecule has 1 aromatic rings. The normalized spacial score (nSPS) is 11.8. The van der Waals surface area contributed by atoms with Crippen LogP contribution in [-0.4, -0.2) is 20.4 Å². The highest BCUT2D eigenvalue weighted by molar-refractivity contribution is 5.59. The van der Waals surface area contributed by atoms with Gasteiger partial charge in [-0.25, -0.2) is 0 Å². The van der Waals surface area contributed by atoms with Gasteiger partial charge in [0.25, 0.3) is 0 Å². The Balaban J connectivity index is 3.00. The van der Waals surface area contributed by atoms with E-state index in [-0.39, 0.29) is 6.08 Å². The zero-order valence-corrected chi connectivity index (χ0v) is 8.84. The number of ether oxygens (including phenoxy) is 2. The SMILES string of the molecule is COc1ccc(C=CC(F)(F)F)c(OC)c1. The lowest BCUT2D eigenvalue weighted by atomic mass is 10.1. The van der Waals surface area contributed by atoms with Gasteiger partial charge in [-0.1, -0.05) is 0 Å². The van der Waals surface area contributed by atoms with Crippen molar-refractivity contribution in [1.82, 2.24) is 0 Å². The molecule has 1 aromatic carbocycles. The summed E-state index contributed by atoms with van der Waals surface area (Å²) in [6.07, 6.45) is -3.21. The van der Waals surface area contributed by atoms with Gasteiger partial charge in [0.05, 0.1) is 14.2 Å². The summed E-state index contributed by atoms with van der Waals surface area (Å²) in [5.74, 6) is 0.862. The molecule has 0 saturated carbocycles. The topological polar surface area (TPSA) is 18.5 Å². The van der Waals surface area contributed by atoms with Crippen molar-refractivity contribution in [3.63, 3.8) is 0 Å². The number of rotatable bonds is 3. The first-order valence-corrected chi connectivity index (χ1v) is 4.44. The maximum Gasteiger partial charge on any atom is 0.409 e. The smallest absolute Gasteiger partial charge is 0.409 e. The summed E-state index contributed by atoms with van der Waals surface area (Å²) in [6.45, 7) is 0. The quantitative estimate of drug-likeness (QED) is 0.796. The Morgan fingerprint density at radius 2 is 1.81 bits per heavy atom. The maximum absolute atomic E-state index is 12.0. The second-order valence-corrected chi connectivity index (χ2v) is 2.98. The molecule has 0 radical (unpaired) electrons. The Kier molecular flexibility index (Phi) is 3.82. The lowest BCUT2D eigenvalue weighted by Gasteiger charge is -2.07. The summed E-state index contributed by atoms with van der Waals surface area (Å²) >= 11 is 0. The molecular formula is C11H11F3O2. The van der Waals surface area contributed by atoms with Crippen molar-refractivity contribution in [1.29, 1.82) is 0 Å². The first-order chi connectivity index (χ1) is 7.46. The average molecular weight is 232 g/mol. The molecule has 1 rings (SSSR count). The van der Waals surface area contributed by atoms with Gasteiger partial charge in [-0.05, 0) is 18.2 Å². The molecule has 0 aromatic heterocycles. The summed E-state index contributed by atoms with van der Waals surface area (Å²) < 4.78 is 45.8. The fourth-order valence-corrected chi connectivity index (χ4v) is 1.14. The Hall–Kier alpha value is -1.65. The molecule has 0 N–H and O–H groups in total. The zero-order valence-electron chi connectivity index (χ0n) is 8.84. The van der Waals surface area contributed by atoms with E-state index in [2.05, 4.69) is 0 Å². The lowest BCUT2D eigenvalue weighted by Crippen LogP contribution is -2.00. The Bertz CT molecular complexity index is 383. The monoisotopic (exact) mass is 232 g/mol. The lowest BCUT2D eigenvalue weighted by molar-refractivity contribution is -0.0790. The molecule has 0 saturated heterocycles. The number of methoxy groups -OCH3 is 2. The van der Waals surface area contributed by atoms with Gasteiger partial charge in [0.2, 0.25) is 0 Å². The Morgan fingerprint density at radius 1 is 1.12 bits per heavy atom. The summed E-state index contributed by atoms with van der Waals surface area (Å²) in [6, 6.07) is 4.59. The van der Waals surface area contributed by atoms with Crippen LogP contribution in [0.1, 0.15) is 5.56 Å². The summed E-state index contributed by atoms with van der Waals surface area (Å²) in [5.41, 5.74) is 0.348. The second kappa shape index (κ2) is 4.92. The summed E-state index contributed by atoms with van der Waals surface area (Å²) in [4.78, 5) is 0. The van der Waals surface area contributed by atoms with Gasteiger partial charge in [0.15, 0.2) is 0 Å². The van der Waals surface area contributed by atoms with Crippen LogP contribution in [0.5, 0.6) is 11.5 Å². The van der Waals surface area contributed by atoms with Crippen LogP contribution in [0.2, 0.25) is 0 Å². The van der Waals surface area contributed by atoms with Gasteiger partial charge in [0, 0.05) is 17.7 Å². The highest BCUT2D eigenvalue weighted by Gasteiger charge is 2.22. The van der Waals surface area contributed by atoms with Crippen LogP contribution in [0.25, 0.3) is 6.08 Å². The van der Waals surface area contributed by atoms with E-state index in [1.54, 1.807) is 6.07 Å². The van der Waals surface area contributed by atoms with E-state index >= 15 is 0 Å². The number of halogens is 3. The minimum absolute atomic E-state index is 0.164. The van der Waals surface area contributed by atoms with Crippen molar-refractivity contribution in [2.24, 2.45) is 0 Å². The second-order valence-electron chi connectivity index (χ2n) is 2.98. The molecule has 0 amide bonds. The number of alkyl halides is 3. The highest BCUT2D eigenvalue weighted by Crippen LogP contribution is 2.27. The molecule has 16 heavy (non-hydrogen) atoms. The molecule has 0 unspecified atom stereocenters. The predicted octanol–water partition coefficient (Wildman–Crippen LogP) is 3.28. The van der Waals surface area contributed by atoms with Gasteiger partial charge in [-0.3, -0.25) is 0 Å². The van der Waals surface area contributed by atoms with Crippen LogP contribution < -0.4 is 9.47 Å². The summed E-state index contributed by atoms with van der Waals surface area (Å²) in [7, 11) is 2.86. The van der Waals surface area contributed by atoms with Crippen molar-refractivity contribution in [2.75, 3.05) is 14.2 Å². The molecule has 88 valence electrons. The number of hydrogen-bond acceptors (Lipinski definition) is 2. The third-order valence-electron chi connectivity index (χ3n) is 1.89. The Morgan fingerprint density at radius 3 is 2.31 bits per heavy atom. The van der Waals surface area contributed by atoms with E-state index in [4.69, 9.17) is 9.47 Å². The fourth-order valence-electron chi connectivity index (χ4n) is 1.14. The molecule has 0 fully saturated rings. The number of hydrogen-bond donors (Lipinski definition) is 0. The maximum atomic E-state index is 12.0. The van der Waals surface area contributed by atoms with Gasteiger partial charge in [-0.15, -0.1) is 0 Å². The highest BCUT2D eigenvalue weighted by atomic mass is 19.4. The average Bonchev–Trinajstić information content (AvgIpc) is 2.25. The zero-order chi connectivity index (χ0) is 12.2. The third kappa shape index (κ3) is 3.49. The van der Waals surface area contributed by atoms with Crippen LogP contribution in [0.15, 0.2) is 24.3 Å². The Labute approximate surface area is 91.3 Å². The van der Waals surface area contributed by atoms with Crippen LogP contribution in [0.3, 0.4) is 0 Å². The number of allylic oxidation sites excluding steroid dienone is 1. The first kappa shape index (κ1) is 12.4. The predicted molar refractivity (Wildman–Crippen MR) is 54.6 cm³/mol. The van der Waals surface area contributed by atoms with Crippen molar-refractivity contribution >= 4 is 6.08 Å². The molecule has 0 atom stereocenters. The van der Waals surface area contributed by atoms with Crippen molar-refractivity contribution in [3.05, 3.63) is 29.8 Å². The molecule has 5 heteroatoms. The minimum atomic E-state index is -4.33. The molecule has 0 aliphatic heterocycles. The third-order valence-corrected chi connectivity index (χ3v) is 1.89. The number of benzene rings is 1. The summed E-state index contributed by atoms with van der Waals surface area (Å²) in [5, 5.41) is 0. The van der Waals surface area contributed by atoms with E-state index < -0.39 is 6.18 Å². The van der Waals surface area contributed by atoms with E-state index in [1.165, 1.54) is 26.4 Å². The van der Waals surface area contributed by atoms with Gasteiger partial charge in [-0.2, -0.15) is 13.2 Å². The molecule has 0 heterocycles. The van der Waals surface area contributed by atoms with Crippen molar-refractivity contribution < 1.29 is 22.6 Å². The largest absolute Gasteiger partial charge is 0.497 e. The van der Waals surface area contributed by atoms with Crippen LogP contribution >= 0.6 is 0 Å². The van der Waals surface area contributed by atoms with E-state index in [1.807, 2.05) is 0 Å². The first-order valence-electron chi connectivity index (χ1n) is 4.44. The van der Waals surface area contributed by atoms with E-state index in [0.717, 1.165) is 6.08 Å². The minimum Gasteiger partial charge on any atom is -0.497 e. The fraction of sp³-hybridized carbons (Fsp3) is 0.273. The van der Waals surface area contributed by atoms with E-state index in [9.17, 15) is 13.2 Å². The van der Waals surface area contributed by atoms with Gasteiger partial charge in [0.1, 0.15) is 11.5 Å². The molecule has 0 aliphatic carbocycles. The molecule has 0 bridgehead atoms.